The van der Waals surface area contributed by atoms with Gasteiger partial charge in [0.25, 0.3) is 5.91 Å². The van der Waals surface area contributed by atoms with Crippen molar-refractivity contribution in [2.75, 3.05) is 0 Å². The molecule has 0 spiro atoms. The van der Waals surface area contributed by atoms with Crippen LogP contribution < -0.4 is 5.32 Å². The van der Waals surface area contributed by atoms with E-state index in [-0.39, 0.29) is 11.6 Å². The summed E-state index contributed by atoms with van der Waals surface area (Å²) in [6, 6.07) is 7.14. The molecule has 0 bridgehead atoms. The number of aromatic nitrogens is 1. The molecule has 1 aromatic heterocycles. The zero-order valence-electron chi connectivity index (χ0n) is 11.7. The number of rotatable bonds is 4. The highest BCUT2D eigenvalue weighted by atomic mass is 35.5. The van der Waals surface area contributed by atoms with Crippen molar-refractivity contribution in [3.63, 3.8) is 0 Å². The minimum absolute atomic E-state index is 0.0455. The zero-order chi connectivity index (χ0) is 15.6. The molecule has 5 nitrogen and oxygen atoms in total. The van der Waals surface area contributed by atoms with Gasteiger partial charge in [0, 0.05) is 17.3 Å². The summed E-state index contributed by atoms with van der Waals surface area (Å²) >= 11 is 5.80. The van der Waals surface area contributed by atoms with Crippen LogP contribution in [0.1, 0.15) is 37.7 Å². The van der Waals surface area contributed by atoms with Gasteiger partial charge in [0.05, 0.1) is 5.56 Å². The van der Waals surface area contributed by atoms with Crippen LogP contribution in [0.3, 0.4) is 0 Å². The maximum absolute atomic E-state index is 12.2. The average molecular weight is 307 g/mol. The van der Waals surface area contributed by atoms with E-state index in [2.05, 4.69) is 10.3 Å². The summed E-state index contributed by atoms with van der Waals surface area (Å²) in [6.07, 6.45) is 0. The van der Waals surface area contributed by atoms with Gasteiger partial charge in [0.15, 0.2) is 0 Å². The lowest BCUT2D eigenvalue weighted by atomic mass is 10.1. The Morgan fingerprint density at radius 2 is 1.86 bits per heavy atom. The van der Waals surface area contributed by atoms with Gasteiger partial charge in [-0.3, -0.25) is 4.79 Å². The number of carboxylic acid groups (broad SMARTS) is 1. The molecule has 3 N–H and O–H groups in total. The summed E-state index contributed by atoms with van der Waals surface area (Å²) in [6.45, 7) is 3.64. The Morgan fingerprint density at radius 1 is 1.24 bits per heavy atom. The maximum Gasteiger partial charge on any atom is 0.352 e. The molecular formula is C15H15ClN2O3. The van der Waals surface area contributed by atoms with Gasteiger partial charge in [-0.2, -0.15) is 0 Å². The highest BCUT2D eigenvalue weighted by molar-refractivity contribution is 6.30. The largest absolute Gasteiger partial charge is 0.477 e. The van der Waals surface area contributed by atoms with Crippen molar-refractivity contribution in [2.24, 2.45) is 0 Å². The van der Waals surface area contributed by atoms with E-state index in [1.807, 2.05) is 12.1 Å². The summed E-state index contributed by atoms with van der Waals surface area (Å²) in [4.78, 5) is 26.0. The first-order valence-electron chi connectivity index (χ1n) is 6.35. The first-order valence-corrected chi connectivity index (χ1v) is 6.73. The van der Waals surface area contributed by atoms with Crippen LogP contribution in [0.2, 0.25) is 5.02 Å². The Bertz CT molecular complexity index is 690. The quantitative estimate of drug-likeness (QED) is 0.812. The number of amides is 1. The fraction of sp³-hybridized carbons (Fsp3) is 0.200. The minimum Gasteiger partial charge on any atom is -0.477 e. The molecule has 0 radical (unpaired) electrons. The molecule has 2 aromatic rings. The molecule has 0 atom stereocenters. The number of aromatic carboxylic acids is 1. The number of nitrogens with one attached hydrogen (secondary N) is 2. The second-order valence-corrected chi connectivity index (χ2v) is 5.18. The molecule has 0 aliphatic carbocycles. The molecule has 0 unspecified atom stereocenters. The van der Waals surface area contributed by atoms with Gasteiger partial charge in [-0.05, 0) is 37.1 Å². The molecule has 0 fully saturated rings. The molecule has 21 heavy (non-hydrogen) atoms. The Morgan fingerprint density at radius 3 is 2.38 bits per heavy atom. The third kappa shape index (κ3) is 3.25. The molecular weight excluding hydrogens is 292 g/mol. The first kappa shape index (κ1) is 15.1. The number of carbonyl (C=O) groups is 2. The summed E-state index contributed by atoms with van der Waals surface area (Å²) in [5.74, 6) is -1.38. The molecule has 1 heterocycles. The van der Waals surface area contributed by atoms with Crippen molar-refractivity contribution in [3.05, 3.63) is 57.4 Å². The zero-order valence-corrected chi connectivity index (χ0v) is 12.4. The number of aromatic amines is 1. The van der Waals surface area contributed by atoms with Gasteiger partial charge in [0.2, 0.25) is 0 Å². The van der Waals surface area contributed by atoms with E-state index >= 15 is 0 Å². The number of halogens is 1. The number of carbonyl (C=O) groups excluding carboxylic acids is 1. The summed E-state index contributed by atoms with van der Waals surface area (Å²) in [5.41, 5.74) is 2.31. The maximum atomic E-state index is 12.2. The number of carboxylic acids is 1. The van der Waals surface area contributed by atoms with E-state index in [0.717, 1.165) is 5.56 Å². The number of aryl methyl sites for hydroxylation is 1. The van der Waals surface area contributed by atoms with Crippen molar-refractivity contribution >= 4 is 23.5 Å². The smallest absolute Gasteiger partial charge is 0.352 e. The third-order valence-electron chi connectivity index (χ3n) is 3.24. The predicted octanol–water partition coefficient (Wildman–Crippen LogP) is 2.91. The van der Waals surface area contributed by atoms with Crippen LogP contribution in [0.4, 0.5) is 0 Å². The Balaban J connectivity index is 2.14. The summed E-state index contributed by atoms with van der Waals surface area (Å²) < 4.78 is 0. The third-order valence-corrected chi connectivity index (χ3v) is 3.50. The van der Waals surface area contributed by atoms with Crippen LogP contribution in [-0.2, 0) is 6.54 Å². The Kier molecular flexibility index (Phi) is 4.33. The van der Waals surface area contributed by atoms with Crippen LogP contribution in [0, 0.1) is 13.8 Å². The van der Waals surface area contributed by atoms with Crippen LogP contribution in [-0.4, -0.2) is 22.0 Å². The highest BCUT2D eigenvalue weighted by Gasteiger charge is 2.21. The Hall–Kier alpha value is -2.27. The van der Waals surface area contributed by atoms with Crippen molar-refractivity contribution in [1.29, 1.82) is 0 Å². The first-order chi connectivity index (χ1) is 9.90. The lowest BCUT2D eigenvalue weighted by Gasteiger charge is -2.06. The van der Waals surface area contributed by atoms with Crippen molar-refractivity contribution < 1.29 is 14.7 Å². The normalized spacial score (nSPS) is 10.4. The molecule has 0 saturated carbocycles. The molecule has 110 valence electrons. The molecule has 0 aliphatic rings. The van der Waals surface area contributed by atoms with Crippen molar-refractivity contribution in [3.8, 4) is 0 Å². The number of H-pyrrole nitrogens is 1. The molecule has 1 amide bonds. The van der Waals surface area contributed by atoms with Gasteiger partial charge in [-0.25, -0.2) is 4.79 Å². The fourth-order valence-electron chi connectivity index (χ4n) is 2.18. The topological polar surface area (TPSA) is 82.2 Å². The highest BCUT2D eigenvalue weighted by Crippen LogP contribution is 2.18. The van der Waals surface area contributed by atoms with Gasteiger partial charge >= 0.3 is 5.97 Å². The van der Waals surface area contributed by atoms with E-state index in [0.29, 0.717) is 28.4 Å². The van der Waals surface area contributed by atoms with Crippen LogP contribution in [0.25, 0.3) is 0 Å². The van der Waals surface area contributed by atoms with Crippen molar-refractivity contribution in [2.45, 2.75) is 20.4 Å². The average Bonchev–Trinajstić information content (AvgIpc) is 2.73. The minimum atomic E-state index is -1.08. The van der Waals surface area contributed by atoms with E-state index < -0.39 is 5.97 Å². The number of hydrogen-bond acceptors (Lipinski definition) is 2. The van der Waals surface area contributed by atoms with Gasteiger partial charge < -0.3 is 15.4 Å². The SMILES string of the molecule is Cc1[nH]c(C(=O)O)c(C)c1C(=O)NCc1ccc(Cl)cc1. The predicted molar refractivity (Wildman–Crippen MR) is 79.8 cm³/mol. The molecule has 0 aliphatic heterocycles. The molecule has 1 aromatic carbocycles. The molecule has 0 saturated heterocycles. The second kappa shape index (κ2) is 6.01. The standard InChI is InChI=1S/C15H15ClN2O3/c1-8-12(9(2)18-13(8)15(20)21)14(19)17-7-10-3-5-11(16)6-4-10/h3-6,18H,7H2,1-2H3,(H,17,19)(H,20,21). The Labute approximate surface area is 126 Å². The van der Waals surface area contributed by atoms with E-state index in [1.54, 1.807) is 26.0 Å². The molecule has 2 rings (SSSR count). The number of hydrogen-bond donors (Lipinski definition) is 3. The van der Waals surface area contributed by atoms with Crippen LogP contribution in [0.15, 0.2) is 24.3 Å². The van der Waals surface area contributed by atoms with Gasteiger partial charge in [-0.1, -0.05) is 23.7 Å². The lowest BCUT2D eigenvalue weighted by Crippen LogP contribution is -2.23. The summed E-state index contributed by atoms with van der Waals surface area (Å²) in [7, 11) is 0. The molecule has 6 heteroatoms. The van der Waals surface area contributed by atoms with Crippen LogP contribution >= 0.6 is 11.6 Å². The number of benzene rings is 1. The van der Waals surface area contributed by atoms with Gasteiger partial charge in [-0.15, -0.1) is 0 Å². The van der Waals surface area contributed by atoms with E-state index in [1.165, 1.54) is 0 Å². The monoisotopic (exact) mass is 306 g/mol. The lowest BCUT2D eigenvalue weighted by molar-refractivity contribution is 0.0690. The second-order valence-electron chi connectivity index (χ2n) is 4.74. The fourth-order valence-corrected chi connectivity index (χ4v) is 2.30. The van der Waals surface area contributed by atoms with E-state index in [4.69, 9.17) is 16.7 Å². The van der Waals surface area contributed by atoms with Crippen LogP contribution in [0.5, 0.6) is 0 Å². The van der Waals surface area contributed by atoms with Gasteiger partial charge in [0.1, 0.15) is 5.69 Å². The summed E-state index contributed by atoms with van der Waals surface area (Å²) in [5, 5.41) is 12.5. The van der Waals surface area contributed by atoms with Crippen molar-refractivity contribution in [1.82, 2.24) is 10.3 Å². The van der Waals surface area contributed by atoms with E-state index in [9.17, 15) is 9.59 Å².